The fourth-order valence-electron chi connectivity index (χ4n) is 2.56. The van der Waals surface area contributed by atoms with Crippen molar-refractivity contribution in [2.24, 2.45) is 13.0 Å². The summed E-state index contributed by atoms with van der Waals surface area (Å²) in [4.78, 5) is 24.4. The standard InChI is InChI=1S/C17H22N2O3/c1-11(2)10-14(17(21)22-4)18-16(20)13-6-5-7-15-12(13)8-9-19(15)3/h5-9,11,14H,10H2,1-4H3,(H,18,20)/t14-/m0/s1. The second-order valence-corrected chi connectivity index (χ2v) is 5.84. The van der Waals surface area contributed by atoms with E-state index >= 15 is 0 Å². The van der Waals surface area contributed by atoms with Gasteiger partial charge in [0.25, 0.3) is 5.91 Å². The van der Waals surface area contributed by atoms with Crippen molar-refractivity contribution in [3.05, 3.63) is 36.0 Å². The number of ether oxygens (including phenoxy) is 1. The summed E-state index contributed by atoms with van der Waals surface area (Å²) < 4.78 is 6.74. The molecule has 1 amide bonds. The van der Waals surface area contributed by atoms with E-state index in [4.69, 9.17) is 4.74 Å². The molecule has 1 aromatic carbocycles. The fraction of sp³-hybridized carbons (Fsp3) is 0.412. The molecule has 118 valence electrons. The van der Waals surface area contributed by atoms with Gasteiger partial charge in [0.1, 0.15) is 6.04 Å². The third kappa shape index (κ3) is 3.30. The number of nitrogens with zero attached hydrogens (tertiary/aromatic N) is 1. The highest BCUT2D eigenvalue weighted by atomic mass is 16.5. The van der Waals surface area contributed by atoms with E-state index in [0.717, 1.165) is 10.9 Å². The maximum Gasteiger partial charge on any atom is 0.328 e. The molecule has 2 rings (SSSR count). The average molecular weight is 302 g/mol. The molecule has 22 heavy (non-hydrogen) atoms. The number of carbonyl (C=O) groups is 2. The van der Waals surface area contributed by atoms with Gasteiger partial charge in [-0.2, -0.15) is 0 Å². The van der Waals surface area contributed by atoms with Gasteiger partial charge in [0, 0.05) is 29.7 Å². The Morgan fingerprint density at radius 3 is 2.64 bits per heavy atom. The highest BCUT2D eigenvalue weighted by Gasteiger charge is 2.24. The molecule has 0 aliphatic rings. The lowest BCUT2D eigenvalue weighted by molar-refractivity contribution is -0.143. The second kappa shape index (κ2) is 6.64. The molecule has 0 aliphatic carbocycles. The molecule has 1 heterocycles. The zero-order valence-electron chi connectivity index (χ0n) is 13.4. The maximum atomic E-state index is 12.6. The van der Waals surface area contributed by atoms with Gasteiger partial charge >= 0.3 is 5.97 Å². The Labute approximate surface area is 130 Å². The van der Waals surface area contributed by atoms with Crippen LogP contribution in [0.1, 0.15) is 30.6 Å². The van der Waals surface area contributed by atoms with Gasteiger partial charge in [-0.1, -0.05) is 19.9 Å². The number of aryl methyl sites for hydroxylation is 1. The first-order valence-corrected chi connectivity index (χ1v) is 7.36. The molecule has 0 saturated heterocycles. The first kappa shape index (κ1) is 16.1. The number of aromatic nitrogens is 1. The molecule has 0 saturated carbocycles. The largest absolute Gasteiger partial charge is 0.467 e. The number of fused-ring (bicyclic) bond motifs is 1. The molecule has 2 aromatic rings. The summed E-state index contributed by atoms with van der Waals surface area (Å²) in [6.07, 6.45) is 2.45. The summed E-state index contributed by atoms with van der Waals surface area (Å²) in [5.74, 6) is -0.396. The molecule has 5 heteroatoms. The zero-order chi connectivity index (χ0) is 16.3. The number of nitrogens with one attached hydrogen (secondary N) is 1. The van der Waals surface area contributed by atoms with Crippen LogP contribution >= 0.6 is 0 Å². The molecule has 0 radical (unpaired) electrons. The van der Waals surface area contributed by atoms with Crippen LogP contribution in [0.4, 0.5) is 0 Å². The Balaban J connectivity index is 2.27. The number of esters is 1. The molecule has 0 unspecified atom stereocenters. The van der Waals surface area contributed by atoms with Gasteiger partial charge < -0.3 is 14.6 Å². The van der Waals surface area contributed by atoms with E-state index in [9.17, 15) is 9.59 Å². The normalized spacial score (nSPS) is 12.4. The predicted molar refractivity (Wildman–Crippen MR) is 85.6 cm³/mol. The Hall–Kier alpha value is -2.30. The van der Waals surface area contributed by atoms with Gasteiger partial charge in [-0.05, 0) is 30.5 Å². The van der Waals surface area contributed by atoms with Crippen molar-refractivity contribution >= 4 is 22.8 Å². The van der Waals surface area contributed by atoms with Gasteiger partial charge in [0.05, 0.1) is 7.11 Å². The molecule has 1 atom stereocenters. The first-order valence-electron chi connectivity index (χ1n) is 7.36. The van der Waals surface area contributed by atoms with Crippen LogP contribution in [0.5, 0.6) is 0 Å². The van der Waals surface area contributed by atoms with Crippen LogP contribution in [0.15, 0.2) is 30.5 Å². The van der Waals surface area contributed by atoms with Crippen LogP contribution in [0.2, 0.25) is 0 Å². The zero-order valence-corrected chi connectivity index (χ0v) is 13.4. The van der Waals surface area contributed by atoms with E-state index in [1.54, 1.807) is 6.07 Å². The van der Waals surface area contributed by atoms with Crippen molar-refractivity contribution in [1.29, 1.82) is 0 Å². The van der Waals surface area contributed by atoms with Crippen molar-refractivity contribution in [1.82, 2.24) is 9.88 Å². The van der Waals surface area contributed by atoms with Gasteiger partial charge in [-0.25, -0.2) is 4.79 Å². The summed E-state index contributed by atoms with van der Waals surface area (Å²) in [7, 11) is 3.26. The van der Waals surface area contributed by atoms with Crippen molar-refractivity contribution in [3.8, 4) is 0 Å². The molecular formula is C17H22N2O3. The molecular weight excluding hydrogens is 280 g/mol. The average Bonchev–Trinajstić information content (AvgIpc) is 2.86. The van der Waals surface area contributed by atoms with E-state index in [2.05, 4.69) is 5.32 Å². The second-order valence-electron chi connectivity index (χ2n) is 5.84. The maximum absolute atomic E-state index is 12.6. The van der Waals surface area contributed by atoms with Crippen molar-refractivity contribution in [2.75, 3.05) is 7.11 Å². The number of hydrogen-bond donors (Lipinski definition) is 1. The van der Waals surface area contributed by atoms with Crippen molar-refractivity contribution in [3.63, 3.8) is 0 Å². The number of benzene rings is 1. The van der Waals surface area contributed by atoms with Gasteiger partial charge in [0.15, 0.2) is 0 Å². The minimum absolute atomic E-state index is 0.257. The predicted octanol–water partition coefficient (Wildman–Crippen LogP) is 2.50. The van der Waals surface area contributed by atoms with Crippen LogP contribution in [0, 0.1) is 5.92 Å². The Morgan fingerprint density at radius 1 is 1.27 bits per heavy atom. The third-order valence-corrected chi connectivity index (χ3v) is 3.67. The molecule has 5 nitrogen and oxygen atoms in total. The topological polar surface area (TPSA) is 60.3 Å². The van der Waals surface area contributed by atoms with Crippen LogP contribution in [0.25, 0.3) is 10.9 Å². The Bertz CT molecular complexity index is 688. The Kier molecular flexibility index (Phi) is 4.85. The summed E-state index contributed by atoms with van der Waals surface area (Å²) in [5, 5.41) is 3.66. The van der Waals surface area contributed by atoms with E-state index in [1.165, 1.54) is 7.11 Å². The van der Waals surface area contributed by atoms with Gasteiger partial charge in [0.2, 0.25) is 0 Å². The molecule has 0 bridgehead atoms. The highest BCUT2D eigenvalue weighted by Crippen LogP contribution is 2.20. The number of amides is 1. The van der Waals surface area contributed by atoms with Gasteiger partial charge in [-0.3, -0.25) is 4.79 Å². The van der Waals surface area contributed by atoms with E-state index in [-0.39, 0.29) is 11.8 Å². The lowest BCUT2D eigenvalue weighted by Gasteiger charge is -2.18. The summed E-state index contributed by atoms with van der Waals surface area (Å²) in [6.45, 7) is 4.00. The van der Waals surface area contributed by atoms with Crippen molar-refractivity contribution < 1.29 is 14.3 Å². The lowest BCUT2D eigenvalue weighted by Crippen LogP contribution is -2.42. The monoisotopic (exact) mass is 302 g/mol. The lowest BCUT2D eigenvalue weighted by atomic mass is 10.0. The highest BCUT2D eigenvalue weighted by molar-refractivity contribution is 6.07. The number of rotatable bonds is 5. The fourth-order valence-corrected chi connectivity index (χ4v) is 2.56. The van der Waals surface area contributed by atoms with Crippen LogP contribution in [0.3, 0.4) is 0 Å². The summed E-state index contributed by atoms with van der Waals surface area (Å²) in [5.41, 5.74) is 1.54. The minimum Gasteiger partial charge on any atom is -0.467 e. The smallest absolute Gasteiger partial charge is 0.328 e. The number of hydrogen-bond acceptors (Lipinski definition) is 3. The van der Waals surface area contributed by atoms with Gasteiger partial charge in [-0.15, -0.1) is 0 Å². The van der Waals surface area contributed by atoms with Crippen LogP contribution < -0.4 is 5.32 Å². The number of carbonyl (C=O) groups excluding carboxylic acids is 2. The molecule has 0 spiro atoms. The number of methoxy groups -OCH3 is 1. The minimum atomic E-state index is -0.628. The Morgan fingerprint density at radius 2 is 2.00 bits per heavy atom. The third-order valence-electron chi connectivity index (χ3n) is 3.67. The van der Waals surface area contributed by atoms with E-state index in [1.807, 2.05) is 49.9 Å². The van der Waals surface area contributed by atoms with Crippen LogP contribution in [-0.2, 0) is 16.6 Å². The quantitative estimate of drug-likeness (QED) is 0.863. The molecule has 0 aliphatic heterocycles. The SMILES string of the molecule is COC(=O)[C@H](CC(C)C)NC(=O)c1cccc2c1ccn2C. The van der Waals surface area contributed by atoms with E-state index < -0.39 is 12.0 Å². The van der Waals surface area contributed by atoms with E-state index in [0.29, 0.717) is 12.0 Å². The van der Waals surface area contributed by atoms with Crippen LogP contribution in [-0.4, -0.2) is 29.6 Å². The molecule has 0 fully saturated rings. The first-order chi connectivity index (χ1) is 10.4. The molecule has 1 N–H and O–H groups in total. The summed E-state index contributed by atoms with van der Waals surface area (Å²) in [6, 6.07) is 6.84. The molecule has 1 aromatic heterocycles. The summed E-state index contributed by atoms with van der Waals surface area (Å²) >= 11 is 0. The van der Waals surface area contributed by atoms with Crippen molar-refractivity contribution in [2.45, 2.75) is 26.3 Å².